The fourth-order valence-corrected chi connectivity index (χ4v) is 7.67. The maximum atomic E-state index is 6.57. The number of ether oxygens (including phenoxy) is 1. The maximum Gasteiger partial charge on any atom is 0.164 e. The van der Waals surface area contributed by atoms with Gasteiger partial charge in [0.1, 0.15) is 11.9 Å². The van der Waals surface area contributed by atoms with Gasteiger partial charge >= 0.3 is 0 Å². The van der Waals surface area contributed by atoms with Crippen molar-refractivity contribution in [1.82, 2.24) is 15.0 Å². The van der Waals surface area contributed by atoms with Crippen molar-refractivity contribution >= 4 is 16.3 Å². The van der Waals surface area contributed by atoms with E-state index in [0.717, 1.165) is 50.3 Å². The van der Waals surface area contributed by atoms with Crippen molar-refractivity contribution in [2.24, 2.45) is 0 Å². The number of nitrogens with zero attached hydrogens (tertiary/aromatic N) is 3. The van der Waals surface area contributed by atoms with Crippen LogP contribution in [0.3, 0.4) is 0 Å². The van der Waals surface area contributed by atoms with E-state index in [4.69, 9.17) is 19.7 Å². The molecule has 1 aliphatic heterocycles. The SMILES string of the molecule is C1=CC2Oc3cccc(-c4nc(-c5ccccc5)nc(-c5ccc(-c6ccccc6)c(-c6ccccc6)c5)n4)c3C2C=C1c1ccc2ccccc2c1. The number of rotatable bonds is 6. The minimum absolute atomic E-state index is 0.00269. The molecule has 0 fully saturated rings. The van der Waals surface area contributed by atoms with Gasteiger partial charge in [0.2, 0.25) is 0 Å². The molecule has 8 aromatic rings. The summed E-state index contributed by atoms with van der Waals surface area (Å²) in [7, 11) is 0. The number of fused-ring (bicyclic) bond motifs is 4. The van der Waals surface area contributed by atoms with Crippen LogP contribution in [0.1, 0.15) is 17.0 Å². The van der Waals surface area contributed by atoms with Crippen molar-refractivity contribution in [3.8, 4) is 62.2 Å². The first kappa shape index (κ1) is 30.9. The highest BCUT2D eigenvalue weighted by molar-refractivity contribution is 5.89. The topological polar surface area (TPSA) is 47.9 Å². The van der Waals surface area contributed by atoms with Crippen molar-refractivity contribution in [1.29, 1.82) is 0 Å². The minimum atomic E-state index is -0.107. The summed E-state index contributed by atoms with van der Waals surface area (Å²) in [6, 6.07) is 59.1. The van der Waals surface area contributed by atoms with Crippen LogP contribution in [0.25, 0.3) is 72.8 Å². The minimum Gasteiger partial charge on any atom is -0.485 e. The molecular weight excluding hydrogens is 647 g/mol. The van der Waals surface area contributed by atoms with E-state index in [1.54, 1.807) is 0 Å². The third-order valence-corrected chi connectivity index (χ3v) is 10.3. The highest BCUT2D eigenvalue weighted by atomic mass is 16.5. The first-order chi connectivity index (χ1) is 26.2. The Kier molecular flexibility index (Phi) is 7.58. The molecule has 0 spiro atoms. The Labute approximate surface area is 308 Å². The van der Waals surface area contributed by atoms with Gasteiger partial charge in [-0.25, -0.2) is 15.0 Å². The monoisotopic (exact) mass is 679 g/mol. The van der Waals surface area contributed by atoms with Crippen LogP contribution in [0.4, 0.5) is 0 Å². The molecule has 1 aromatic heterocycles. The summed E-state index contributed by atoms with van der Waals surface area (Å²) < 4.78 is 6.57. The second-order valence-electron chi connectivity index (χ2n) is 13.5. The Morgan fingerprint density at radius 3 is 1.79 bits per heavy atom. The lowest BCUT2D eigenvalue weighted by molar-refractivity contribution is 0.269. The molecule has 0 saturated heterocycles. The van der Waals surface area contributed by atoms with Gasteiger partial charge in [-0.3, -0.25) is 0 Å². The number of benzene rings is 7. The fourth-order valence-electron chi connectivity index (χ4n) is 7.67. The van der Waals surface area contributed by atoms with Crippen molar-refractivity contribution in [3.05, 3.63) is 199 Å². The molecule has 2 aliphatic rings. The smallest absolute Gasteiger partial charge is 0.164 e. The Morgan fingerprint density at radius 1 is 0.415 bits per heavy atom. The van der Waals surface area contributed by atoms with Crippen LogP contribution in [-0.4, -0.2) is 21.1 Å². The molecule has 0 N–H and O–H groups in total. The normalized spacial score (nSPS) is 15.7. The molecule has 4 heteroatoms. The molecule has 53 heavy (non-hydrogen) atoms. The molecule has 0 amide bonds. The van der Waals surface area contributed by atoms with Gasteiger partial charge in [0.25, 0.3) is 0 Å². The molecule has 7 aromatic carbocycles. The van der Waals surface area contributed by atoms with E-state index in [-0.39, 0.29) is 12.0 Å². The van der Waals surface area contributed by atoms with Crippen LogP contribution in [0, 0.1) is 0 Å². The molecule has 0 bridgehead atoms. The Bertz CT molecular complexity index is 2700. The van der Waals surface area contributed by atoms with Crippen LogP contribution in [0.15, 0.2) is 188 Å². The zero-order valence-corrected chi connectivity index (χ0v) is 28.8. The highest BCUT2D eigenvalue weighted by Crippen LogP contribution is 2.48. The predicted molar refractivity (Wildman–Crippen MR) is 215 cm³/mol. The van der Waals surface area contributed by atoms with Gasteiger partial charge in [0.15, 0.2) is 17.5 Å². The summed E-state index contributed by atoms with van der Waals surface area (Å²) in [5.41, 5.74) is 10.8. The van der Waals surface area contributed by atoms with Crippen LogP contribution in [0.2, 0.25) is 0 Å². The molecule has 4 nitrogen and oxygen atoms in total. The molecule has 0 saturated carbocycles. The molecule has 0 radical (unpaired) electrons. The molecule has 10 rings (SSSR count). The van der Waals surface area contributed by atoms with Gasteiger partial charge in [-0.15, -0.1) is 0 Å². The van der Waals surface area contributed by atoms with E-state index in [0.29, 0.717) is 17.5 Å². The van der Waals surface area contributed by atoms with Crippen molar-refractivity contribution < 1.29 is 4.74 Å². The van der Waals surface area contributed by atoms with Gasteiger partial charge in [-0.1, -0.05) is 164 Å². The summed E-state index contributed by atoms with van der Waals surface area (Å²) in [6.07, 6.45) is 6.62. The summed E-state index contributed by atoms with van der Waals surface area (Å²) >= 11 is 0. The van der Waals surface area contributed by atoms with E-state index in [1.807, 2.05) is 24.3 Å². The van der Waals surface area contributed by atoms with Crippen molar-refractivity contribution in [3.63, 3.8) is 0 Å². The van der Waals surface area contributed by atoms with E-state index in [2.05, 4.69) is 164 Å². The number of aromatic nitrogens is 3. The lowest BCUT2D eigenvalue weighted by Crippen LogP contribution is -2.17. The van der Waals surface area contributed by atoms with Crippen LogP contribution < -0.4 is 4.74 Å². The largest absolute Gasteiger partial charge is 0.485 e. The quantitative estimate of drug-likeness (QED) is 0.175. The third kappa shape index (κ3) is 5.71. The van der Waals surface area contributed by atoms with Crippen molar-refractivity contribution in [2.45, 2.75) is 12.0 Å². The summed E-state index contributed by atoms with van der Waals surface area (Å²) in [6.45, 7) is 0. The second-order valence-corrected chi connectivity index (χ2v) is 13.5. The lowest BCUT2D eigenvalue weighted by Gasteiger charge is -2.20. The Balaban J connectivity index is 1.12. The van der Waals surface area contributed by atoms with Gasteiger partial charge in [0, 0.05) is 28.2 Å². The molecule has 2 unspecified atom stereocenters. The van der Waals surface area contributed by atoms with Gasteiger partial charge < -0.3 is 4.74 Å². The molecule has 1 aliphatic carbocycles. The third-order valence-electron chi connectivity index (χ3n) is 10.3. The first-order valence-corrected chi connectivity index (χ1v) is 18.0. The maximum absolute atomic E-state index is 6.57. The van der Waals surface area contributed by atoms with Gasteiger partial charge in [-0.05, 0) is 68.4 Å². The molecule has 2 heterocycles. The molecule has 250 valence electrons. The second kappa shape index (κ2) is 13.0. The molecule has 2 atom stereocenters. The average molecular weight is 680 g/mol. The highest BCUT2D eigenvalue weighted by Gasteiger charge is 2.36. The standard InChI is InChI=1S/C49H33N3O/c1-4-14-33(15-5-1)40-27-25-39(31-42(40)34-16-6-2-7-17-34)48-50-47(35-18-8-3-9-19-35)51-49(52-48)41-21-12-22-45-46(41)43-30-38(26-28-44(43)53-45)37-24-23-32-13-10-11-20-36(32)29-37/h1-31,43-44H. The fraction of sp³-hybridized carbons (Fsp3) is 0.0408. The number of hydrogen-bond donors (Lipinski definition) is 0. The predicted octanol–water partition coefficient (Wildman–Crippen LogP) is 11.9. The van der Waals surface area contributed by atoms with E-state index >= 15 is 0 Å². The van der Waals surface area contributed by atoms with Crippen LogP contribution in [0.5, 0.6) is 5.75 Å². The van der Waals surface area contributed by atoms with E-state index in [9.17, 15) is 0 Å². The zero-order valence-electron chi connectivity index (χ0n) is 28.8. The van der Waals surface area contributed by atoms with E-state index in [1.165, 1.54) is 21.9 Å². The average Bonchev–Trinajstić information content (AvgIpc) is 3.62. The van der Waals surface area contributed by atoms with Crippen LogP contribution in [-0.2, 0) is 0 Å². The Morgan fingerprint density at radius 2 is 1.04 bits per heavy atom. The zero-order chi connectivity index (χ0) is 35.1. The van der Waals surface area contributed by atoms with Crippen LogP contribution >= 0.6 is 0 Å². The van der Waals surface area contributed by atoms with E-state index < -0.39 is 0 Å². The molecular formula is C49H33N3O. The summed E-state index contributed by atoms with van der Waals surface area (Å²) in [4.78, 5) is 15.5. The number of allylic oxidation sites excluding steroid dienone is 2. The first-order valence-electron chi connectivity index (χ1n) is 18.0. The summed E-state index contributed by atoms with van der Waals surface area (Å²) in [5, 5.41) is 2.46. The lowest BCUT2D eigenvalue weighted by atomic mass is 9.84. The summed E-state index contributed by atoms with van der Waals surface area (Å²) in [5.74, 6) is 2.74. The number of hydrogen-bond acceptors (Lipinski definition) is 4. The van der Waals surface area contributed by atoms with Crippen molar-refractivity contribution in [2.75, 3.05) is 0 Å². The Hall–Kier alpha value is -6.91. The van der Waals surface area contributed by atoms with Gasteiger partial charge in [0.05, 0.1) is 0 Å². The van der Waals surface area contributed by atoms with Gasteiger partial charge in [-0.2, -0.15) is 0 Å².